The summed E-state index contributed by atoms with van der Waals surface area (Å²) in [6.45, 7) is 0. The first-order chi connectivity index (χ1) is 21.2. The lowest BCUT2D eigenvalue weighted by Gasteiger charge is -2.15. The monoisotopic (exact) mass is 570 g/mol. The molecular formula is C38H26N4S. The molecule has 0 aliphatic heterocycles. The quantitative estimate of drug-likeness (QED) is 0.161. The molecule has 0 radical (unpaired) electrons. The highest BCUT2D eigenvalue weighted by Gasteiger charge is 2.16. The smallest absolute Gasteiger partial charge is 0.155 e. The van der Waals surface area contributed by atoms with Gasteiger partial charge in [0.15, 0.2) is 11.7 Å². The van der Waals surface area contributed by atoms with Gasteiger partial charge in [0, 0.05) is 42.1 Å². The average Bonchev–Trinajstić information content (AvgIpc) is 3.60. The van der Waals surface area contributed by atoms with E-state index in [2.05, 4.69) is 107 Å². The molecule has 0 spiro atoms. The number of nitrogens with one attached hydrogen (secondary N) is 2. The second-order valence-electron chi connectivity index (χ2n) is 10.5. The fourth-order valence-electron chi connectivity index (χ4n) is 5.86. The van der Waals surface area contributed by atoms with Gasteiger partial charge in [-0.25, -0.2) is 4.99 Å². The van der Waals surface area contributed by atoms with Crippen LogP contribution in [0.25, 0.3) is 53.1 Å². The molecule has 8 aromatic rings. The number of thiophene rings is 1. The van der Waals surface area contributed by atoms with Crippen LogP contribution in [0.4, 0.5) is 0 Å². The summed E-state index contributed by atoms with van der Waals surface area (Å²) in [6, 6.07) is 50.1. The van der Waals surface area contributed by atoms with E-state index in [1.165, 1.54) is 10.1 Å². The maximum absolute atomic E-state index is 9.24. The molecule has 0 unspecified atom stereocenters. The van der Waals surface area contributed by atoms with Crippen LogP contribution in [0.5, 0.6) is 0 Å². The lowest BCUT2D eigenvalue weighted by Crippen LogP contribution is -2.25. The molecular weight excluding hydrogens is 545 g/mol. The van der Waals surface area contributed by atoms with Gasteiger partial charge in [0.2, 0.25) is 0 Å². The molecule has 0 bridgehead atoms. The van der Waals surface area contributed by atoms with Crippen molar-refractivity contribution in [2.75, 3.05) is 5.43 Å². The second-order valence-corrected chi connectivity index (χ2v) is 11.6. The normalized spacial score (nSPS) is 12.0. The Hall–Kier alpha value is -5.52. The molecule has 43 heavy (non-hydrogen) atoms. The summed E-state index contributed by atoms with van der Waals surface area (Å²) >= 11 is 1.71. The number of aromatic nitrogens is 1. The molecule has 204 valence electrons. The van der Waals surface area contributed by atoms with Gasteiger partial charge in [-0.05, 0) is 35.4 Å². The van der Waals surface area contributed by atoms with Crippen LogP contribution in [0.3, 0.4) is 0 Å². The maximum atomic E-state index is 9.24. The summed E-state index contributed by atoms with van der Waals surface area (Å²) in [5, 5.41) is 13.9. The van der Waals surface area contributed by atoms with Crippen molar-refractivity contribution in [3.63, 3.8) is 0 Å². The van der Waals surface area contributed by atoms with E-state index in [-0.39, 0.29) is 5.84 Å². The molecule has 0 amide bonds. The van der Waals surface area contributed by atoms with Crippen LogP contribution in [0.15, 0.2) is 151 Å². The number of nitrogens with zero attached hydrogens (tertiary/aromatic N) is 2. The van der Waals surface area contributed by atoms with Crippen molar-refractivity contribution >= 4 is 65.0 Å². The zero-order chi connectivity index (χ0) is 28.8. The minimum atomic E-state index is 0.217. The van der Waals surface area contributed by atoms with E-state index in [9.17, 15) is 5.41 Å². The van der Waals surface area contributed by atoms with Crippen LogP contribution in [-0.4, -0.2) is 16.3 Å². The highest BCUT2D eigenvalue weighted by molar-refractivity contribution is 7.26. The number of fused-ring (bicyclic) bond motifs is 6. The first-order valence-corrected chi connectivity index (χ1v) is 15.1. The number of amidine groups is 2. The van der Waals surface area contributed by atoms with Crippen LogP contribution in [0, 0.1) is 5.41 Å². The van der Waals surface area contributed by atoms with Crippen LogP contribution in [-0.2, 0) is 0 Å². The van der Waals surface area contributed by atoms with Crippen molar-refractivity contribution in [1.82, 2.24) is 4.68 Å². The molecule has 2 N–H and O–H groups in total. The molecule has 0 fully saturated rings. The minimum absolute atomic E-state index is 0.217. The van der Waals surface area contributed by atoms with Crippen molar-refractivity contribution in [2.24, 2.45) is 4.99 Å². The van der Waals surface area contributed by atoms with Crippen LogP contribution in [0.2, 0.25) is 0 Å². The average molecular weight is 571 g/mol. The zero-order valence-electron chi connectivity index (χ0n) is 23.2. The van der Waals surface area contributed by atoms with Gasteiger partial charge >= 0.3 is 0 Å². The number of benzene rings is 6. The van der Waals surface area contributed by atoms with Crippen molar-refractivity contribution in [3.8, 4) is 11.1 Å². The van der Waals surface area contributed by atoms with Crippen molar-refractivity contribution < 1.29 is 0 Å². The lowest BCUT2D eigenvalue weighted by molar-refractivity contribution is 1.08. The molecule has 5 heteroatoms. The topological polar surface area (TPSA) is 53.2 Å². The molecule has 0 aliphatic carbocycles. The van der Waals surface area contributed by atoms with Gasteiger partial charge in [0.1, 0.15) is 0 Å². The van der Waals surface area contributed by atoms with Gasteiger partial charge in [-0.2, -0.15) is 0 Å². The fourth-order valence-corrected chi connectivity index (χ4v) is 7.08. The van der Waals surface area contributed by atoms with E-state index in [1.54, 1.807) is 11.3 Å². The highest BCUT2D eigenvalue weighted by Crippen LogP contribution is 2.36. The summed E-state index contributed by atoms with van der Waals surface area (Å²) in [7, 11) is 0. The summed E-state index contributed by atoms with van der Waals surface area (Å²) in [5.41, 5.74) is 9.76. The standard InChI is InChI=1S/C38H26N4S/c39-37(32-19-11-18-31-30-17-8-10-21-35(30)43-36(31)32)40-38(26-14-5-2-6-15-26)41-42-33-20-9-7-16-28(33)29-23-22-27(24-34(29)42)25-12-3-1-4-13-25/h1-24H,(H2,39,40,41). The third kappa shape index (κ3) is 4.38. The maximum Gasteiger partial charge on any atom is 0.155 e. The van der Waals surface area contributed by atoms with Crippen LogP contribution >= 0.6 is 11.3 Å². The molecule has 6 aromatic carbocycles. The number of para-hydroxylation sites is 1. The molecule has 0 saturated heterocycles. The van der Waals surface area contributed by atoms with Crippen LogP contribution < -0.4 is 5.43 Å². The molecule has 0 aliphatic rings. The molecule has 0 saturated carbocycles. The Morgan fingerprint density at radius 2 is 1.26 bits per heavy atom. The Morgan fingerprint density at radius 3 is 2.09 bits per heavy atom. The third-order valence-corrected chi connectivity index (χ3v) is 9.15. The van der Waals surface area contributed by atoms with Gasteiger partial charge in [-0.3, -0.25) is 15.5 Å². The Labute approximate surface area is 252 Å². The Balaban J connectivity index is 1.30. The van der Waals surface area contributed by atoms with E-state index in [1.807, 2.05) is 48.5 Å². The third-order valence-electron chi connectivity index (χ3n) is 7.93. The van der Waals surface area contributed by atoms with E-state index in [0.717, 1.165) is 54.1 Å². The molecule has 4 nitrogen and oxygen atoms in total. The zero-order valence-corrected chi connectivity index (χ0v) is 24.0. The Bertz CT molecular complexity index is 2330. The van der Waals surface area contributed by atoms with Gasteiger partial charge in [0.05, 0.1) is 11.0 Å². The summed E-state index contributed by atoms with van der Waals surface area (Å²) in [5.74, 6) is 0.825. The van der Waals surface area contributed by atoms with Crippen LogP contribution in [0.1, 0.15) is 11.1 Å². The van der Waals surface area contributed by atoms with E-state index < -0.39 is 0 Å². The lowest BCUT2D eigenvalue weighted by atomic mass is 10.0. The molecule has 2 heterocycles. The first kappa shape index (κ1) is 25.2. The predicted molar refractivity (Wildman–Crippen MR) is 183 cm³/mol. The molecule has 2 aromatic heterocycles. The number of rotatable bonds is 4. The Kier molecular flexibility index (Phi) is 6.09. The summed E-state index contributed by atoms with van der Waals surface area (Å²) in [6.07, 6.45) is 0. The van der Waals surface area contributed by atoms with Gasteiger partial charge in [-0.15, -0.1) is 11.3 Å². The summed E-state index contributed by atoms with van der Waals surface area (Å²) in [4.78, 5) is 4.98. The molecule has 0 atom stereocenters. The highest BCUT2D eigenvalue weighted by atomic mass is 32.1. The van der Waals surface area contributed by atoms with E-state index >= 15 is 0 Å². The van der Waals surface area contributed by atoms with Crippen molar-refractivity contribution in [1.29, 1.82) is 5.41 Å². The Morgan fingerprint density at radius 1 is 0.581 bits per heavy atom. The fraction of sp³-hybridized carbons (Fsp3) is 0. The van der Waals surface area contributed by atoms with E-state index in [4.69, 9.17) is 4.99 Å². The number of aliphatic imine (C=N–C) groups is 1. The second kappa shape index (κ2) is 10.4. The van der Waals surface area contributed by atoms with Gasteiger partial charge in [-0.1, -0.05) is 121 Å². The SMILES string of the molecule is N=C(N=C(Nn1c2ccccc2c2ccc(-c3ccccc3)cc21)c1ccccc1)c1cccc2c1sc1ccccc12. The van der Waals surface area contributed by atoms with Crippen molar-refractivity contribution in [2.45, 2.75) is 0 Å². The minimum Gasteiger partial charge on any atom is -0.282 e. The largest absolute Gasteiger partial charge is 0.282 e. The van der Waals surface area contributed by atoms with Crippen molar-refractivity contribution in [3.05, 3.63) is 157 Å². The van der Waals surface area contributed by atoms with Gasteiger partial charge < -0.3 is 0 Å². The number of hydrogen-bond acceptors (Lipinski definition) is 2. The number of hydrogen-bond donors (Lipinski definition) is 2. The molecule has 8 rings (SSSR count). The predicted octanol–water partition coefficient (Wildman–Crippen LogP) is 9.85. The summed E-state index contributed by atoms with van der Waals surface area (Å²) < 4.78 is 4.40. The van der Waals surface area contributed by atoms with E-state index in [0.29, 0.717) is 5.84 Å². The van der Waals surface area contributed by atoms with Gasteiger partial charge in [0.25, 0.3) is 0 Å². The first-order valence-electron chi connectivity index (χ1n) is 14.2.